The largest absolute Gasteiger partial charge is 0.365 e. The van der Waals surface area contributed by atoms with E-state index in [1.54, 1.807) is 0 Å². The van der Waals surface area contributed by atoms with Crippen molar-refractivity contribution < 1.29 is 4.79 Å². The lowest BCUT2D eigenvalue weighted by Gasteiger charge is -2.17. The molecular weight excluding hydrogens is 336 g/mol. The highest BCUT2D eigenvalue weighted by Crippen LogP contribution is 2.27. The molecule has 3 N–H and O–H groups in total. The van der Waals surface area contributed by atoms with Gasteiger partial charge < -0.3 is 11.1 Å². The third-order valence-electron chi connectivity index (χ3n) is 3.26. The minimum atomic E-state index is -0.364. The highest BCUT2D eigenvalue weighted by atomic mass is 79.9. The molecule has 0 saturated carbocycles. The normalized spacial score (nSPS) is 18.4. The minimum absolute atomic E-state index is 0.364. The Morgan fingerprint density at radius 3 is 2.80 bits per heavy atom. The van der Waals surface area contributed by atoms with Crippen LogP contribution < -0.4 is 11.1 Å². The number of carbonyl (C=O) groups is 1. The van der Waals surface area contributed by atoms with Gasteiger partial charge in [-0.3, -0.25) is 4.79 Å². The molecule has 0 aliphatic carbocycles. The zero-order chi connectivity index (χ0) is 14.5. The van der Waals surface area contributed by atoms with Gasteiger partial charge in [-0.2, -0.15) is 0 Å². The molecule has 1 aromatic carbocycles. The van der Waals surface area contributed by atoms with E-state index in [4.69, 9.17) is 5.73 Å². The molecule has 1 aliphatic heterocycles. The van der Waals surface area contributed by atoms with Crippen molar-refractivity contribution >= 4 is 43.3 Å². The Balaban J connectivity index is 0.000000178. The number of halogens is 1. The van der Waals surface area contributed by atoms with E-state index in [2.05, 4.69) is 28.2 Å². The van der Waals surface area contributed by atoms with Gasteiger partial charge >= 0.3 is 0 Å². The first kappa shape index (κ1) is 15.5. The molecule has 1 fully saturated rings. The molecule has 2 heterocycles. The van der Waals surface area contributed by atoms with E-state index in [1.807, 2.05) is 24.3 Å². The molecule has 1 aromatic heterocycles. The number of thiophene rings is 1. The maximum Gasteiger partial charge on any atom is 0.258 e. The molecule has 108 valence electrons. The molecule has 1 aliphatic rings. The fraction of sp³-hybridized carbons (Fsp3) is 0.400. The van der Waals surface area contributed by atoms with Gasteiger partial charge in [-0.25, -0.2) is 0 Å². The second-order valence-corrected chi connectivity index (χ2v) is 7.11. The lowest BCUT2D eigenvalue weighted by atomic mass is 10.0. The molecule has 1 unspecified atom stereocenters. The Morgan fingerprint density at radius 2 is 2.25 bits per heavy atom. The number of hydrogen-bond donors (Lipinski definition) is 2. The van der Waals surface area contributed by atoms with Crippen molar-refractivity contribution in [3.63, 3.8) is 0 Å². The molecule has 1 amide bonds. The Morgan fingerprint density at radius 1 is 1.45 bits per heavy atom. The number of carbonyl (C=O) groups excluding carboxylic acids is 1. The van der Waals surface area contributed by atoms with E-state index in [0.717, 1.165) is 20.5 Å². The van der Waals surface area contributed by atoms with Crippen LogP contribution in [0.2, 0.25) is 0 Å². The van der Waals surface area contributed by atoms with Crippen LogP contribution in [-0.4, -0.2) is 19.0 Å². The first-order valence-corrected chi connectivity index (χ1v) is 8.37. The number of benzene rings is 1. The number of primary amides is 1. The Labute approximate surface area is 131 Å². The van der Waals surface area contributed by atoms with Crippen LogP contribution >= 0.6 is 27.3 Å². The Kier molecular flexibility index (Phi) is 5.57. The van der Waals surface area contributed by atoms with Gasteiger partial charge in [-0.05, 0) is 61.5 Å². The zero-order valence-electron chi connectivity index (χ0n) is 11.5. The third-order valence-corrected chi connectivity index (χ3v) is 4.89. The summed E-state index contributed by atoms with van der Waals surface area (Å²) in [6.07, 6.45) is 2.80. The van der Waals surface area contributed by atoms with Gasteiger partial charge in [0, 0.05) is 9.17 Å². The fourth-order valence-electron chi connectivity index (χ4n) is 2.16. The smallest absolute Gasteiger partial charge is 0.258 e. The molecule has 0 radical (unpaired) electrons. The number of nitrogens with two attached hydrogens (primary N) is 1. The van der Waals surface area contributed by atoms with E-state index < -0.39 is 0 Å². The summed E-state index contributed by atoms with van der Waals surface area (Å²) in [4.78, 5) is 11.5. The van der Waals surface area contributed by atoms with Crippen LogP contribution in [0.15, 0.2) is 28.7 Å². The summed E-state index contributed by atoms with van der Waals surface area (Å²) >= 11 is 4.79. The topological polar surface area (TPSA) is 55.1 Å². The average molecular weight is 355 g/mol. The molecule has 5 heteroatoms. The van der Waals surface area contributed by atoms with Crippen molar-refractivity contribution in [3.8, 4) is 0 Å². The first-order valence-electron chi connectivity index (χ1n) is 6.76. The second kappa shape index (κ2) is 7.20. The number of amides is 1. The summed E-state index contributed by atoms with van der Waals surface area (Å²) in [6.45, 7) is 4.77. The molecular formula is C15H19BrN2OS. The molecule has 3 nitrogen and oxygen atoms in total. The molecule has 3 rings (SSSR count). The summed E-state index contributed by atoms with van der Waals surface area (Å²) in [5.74, 6) is 0.561. The summed E-state index contributed by atoms with van der Waals surface area (Å²) in [7, 11) is 0. The van der Waals surface area contributed by atoms with Gasteiger partial charge in [0.05, 0.1) is 4.88 Å². The molecule has 20 heavy (non-hydrogen) atoms. The van der Waals surface area contributed by atoms with Crippen molar-refractivity contribution in [2.45, 2.75) is 19.8 Å². The monoisotopic (exact) mass is 354 g/mol. The van der Waals surface area contributed by atoms with Crippen LogP contribution in [0.25, 0.3) is 10.1 Å². The van der Waals surface area contributed by atoms with E-state index >= 15 is 0 Å². The molecule has 2 aromatic rings. The van der Waals surface area contributed by atoms with Crippen molar-refractivity contribution in [2.75, 3.05) is 13.1 Å². The van der Waals surface area contributed by atoms with Gasteiger partial charge in [-0.15, -0.1) is 11.3 Å². The quantitative estimate of drug-likeness (QED) is 0.818. The van der Waals surface area contributed by atoms with E-state index in [9.17, 15) is 4.79 Å². The summed E-state index contributed by atoms with van der Waals surface area (Å²) in [5.41, 5.74) is 5.18. The average Bonchev–Trinajstić information content (AvgIpc) is 2.83. The van der Waals surface area contributed by atoms with Crippen LogP contribution in [0, 0.1) is 5.92 Å². The van der Waals surface area contributed by atoms with Crippen LogP contribution in [0.4, 0.5) is 0 Å². The predicted octanol–water partition coefficient (Wildman–Crippen LogP) is 3.77. The number of rotatable bonds is 1. The maximum absolute atomic E-state index is 10.9. The zero-order valence-corrected chi connectivity index (χ0v) is 13.9. The SMILES string of the molecule is CC1CCCNC1.NC(=O)c1cc2cc(Br)ccc2s1. The third kappa shape index (κ3) is 4.30. The van der Waals surface area contributed by atoms with E-state index in [-0.39, 0.29) is 5.91 Å². The summed E-state index contributed by atoms with van der Waals surface area (Å²) in [5, 5.41) is 4.38. The van der Waals surface area contributed by atoms with Gasteiger partial charge in [0.1, 0.15) is 0 Å². The van der Waals surface area contributed by atoms with Gasteiger partial charge in [-0.1, -0.05) is 22.9 Å². The molecule has 1 saturated heterocycles. The lowest BCUT2D eigenvalue weighted by Crippen LogP contribution is -2.27. The van der Waals surface area contributed by atoms with E-state index in [1.165, 1.54) is 37.3 Å². The number of fused-ring (bicyclic) bond motifs is 1. The van der Waals surface area contributed by atoms with Crippen molar-refractivity contribution in [2.24, 2.45) is 11.7 Å². The van der Waals surface area contributed by atoms with Crippen molar-refractivity contribution in [3.05, 3.63) is 33.6 Å². The highest BCUT2D eigenvalue weighted by Gasteiger charge is 2.06. The summed E-state index contributed by atoms with van der Waals surface area (Å²) < 4.78 is 2.09. The maximum atomic E-state index is 10.9. The van der Waals surface area contributed by atoms with Crippen molar-refractivity contribution in [1.82, 2.24) is 5.32 Å². The second-order valence-electron chi connectivity index (χ2n) is 5.11. The fourth-order valence-corrected chi connectivity index (χ4v) is 3.44. The molecule has 1 atom stereocenters. The van der Waals surface area contributed by atoms with Gasteiger partial charge in [0.2, 0.25) is 0 Å². The van der Waals surface area contributed by atoms with E-state index in [0.29, 0.717) is 4.88 Å². The van der Waals surface area contributed by atoms with Gasteiger partial charge in [0.15, 0.2) is 0 Å². The van der Waals surface area contributed by atoms with Crippen LogP contribution in [0.5, 0.6) is 0 Å². The number of piperidine rings is 1. The minimum Gasteiger partial charge on any atom is -0.365 e. The van der Waals surface area contributed by atoms with Gasteiger partial charge in [0.25, 0.3) is 5.91 Å². The number of hydrogen-bond acceptors (Lipinski definition) is 3. The molecule has 0 bridgehead atoms. The Hall–Kier alpha value is -0.910. The van der Waals surface area contributed by atoms with Crippen LogP contribution in [0.1, 0.15) is 29.4 Å². The molecule has 0 spiro atoms. The highest BCUT2D eigenvalue weighted by molar-refractivity contribution is 9.10. The standard InChI is InChI=1S/C9H6BrNOS.C6H13N/c10-6-1-2-7-5(3-6)4-8(13-7)9(11)12;1-6-3-2-4-7-5-6/h1-4H,(H2,11,12);6-7H,2-5H2,1H3. The Bertz CT molecular complexity index is 591. The lowest BCUT2D eigenvalue weighted by molar-refractivity contribution is 0.100. The van der Waals surface area contributed by atoms with Crippen LogP contribution in [-0.2, 0) is 0 Å². The summed E-state index contributed by atoms with van der Waals surface area (Å²) in [6, 6.07) is 7.70. The van der Waals surface area contributed by atoms with Crippen LogP contribution in [0.3, 0.4) is 0 Å². The predicted molar refractivity (Wildman–Crippen MR) is 89.3 cm³/mol. The van der Waals surface area contributed by atoms with Crippen molar-refractivity contribution in [1.29, 1.82) is 0 Å². The first-order chi connectivity index (χ1) is 9.56. The number of nitrogens with one attached hydrogen (secondary N) is 1.